The summed E-state index contributed by atoms with van der Waals surface area (Å²) in [6, 6.07) is 0. The van der Waals surface area contributed by atoms with Crippen LogP contribution in [0.15, 0.2) is 24.3 Å². The molecule has 0 saturated heterocycles. The van der Waals surface area contributed by atoms with Gasteiger partial charge < -0.3 is 14.6 Å². The summed E-state index contributed by atoms with van der Waals surface area (Å²) in [7, 11) is 0. The molecule has 0 aliphatic heterocycles. The maximum Gasteiger partial charge on any atom is 0.306 e. The van der Waals surface area contributed by atoms with Crippen molar-refractivity contribution in [1.82, 2.24) is 0 Å². The smallest absolute Gasteiger partial charge is 0.306 e. The zero-order valence-electron chi connectivity index (χ0n) is 29.2. The highest BCUT2D eigenvalue weighted by Crippen LogP contribution is 2.15. The van der Waals surface area contributed by atoms with Crippen LogP contribution in [0.1, 0.15) is 194 Å². The molecule has 0 rings (SSSR count). The molecule has 0 heterocycles. The minimum absolute atomic E-state index is 0.0675. The molecule has 0 saturated carbocycles. The van der Waals surface area contributed by atoms with Gasteiger partial charge in [-0.05, 0) is 38.5 Å². The fraction of sp³-hybridized carbons (Fsp3) is 0.846. The monoisotopic (exact) mass is 621 g/mol. The van der Waals surface area contributed by atoms with Crippen molar-refractivity contribution >= 4 is 11.9 Å². The Balaban J connectivity index is 3.54. The van der Waals surface area contributed by atoms with Gasteiger partial charge in [-0.3, -0.25) is 9.59 Å². The van der Waals surface area contributed by atoms with E-state index in [0.29, 0.717) is 12.8 Å². The lowest BCUT2D eigenvalue weighted by molar-refractivity contribution is -0.161. The lowest BCUT2D eigenvalue weighted by Gasteiger charge is -2.15. The van der Waals surface area contributed by atoms with Gasteiger partial charge in [-0.1, -0.05) is 167 Å². The van der Waals surface area contributed by atoms with Gasteiger partial charge in [0.05, 0.1) is 6.61 Å². The Labute approximate surface area is 273 Å². The third-order valence-electron chi connectivity index (χ3n) is 8.23. The molecule has 1 N–H and O–H groups in total. The van der Waals surface area contributed by atoms with E-state index in [0.717, 1.165) is 57.8 Å². The van der Waals surface area contributed by atoms with Gasteiger partial charge in [0, 0.05) is 12.8 Å². The molecule has 0 amide bonds. The lowest BCUT2D eigenvalue weighted by Crippen LogP contribution is -2.28. The SMILES string of the molecule is CCC/C=C\C/C=C\CCCCCCCC(=O)OC(CO)COC(=O)CCCCCCCCCCCCCCCCCCC. The predicted molar refractivity (Wildman–Crippen MR) is 187 cm³/mol. The van der Waals surface area contributed by atoms with E-state index in [9.17, 15) is 14.7 Å². The summed E-state index contributed by atoms with van der Waals surface area (Å²) in [5.74, 6) is -0.601. The number of carbonyl (C=O) groups is 2. The molecular formula is C39H72O5. The van der Waals surface area contributed by atoms with Crippen LogP contribution in [-0.4, -0.2) is 36.4 Å². The Morgan fingerprint density at radius 2 is 0.955 bits per heavy atom. The summed E-state index contributed by atoms with van der Waals surface area (Å²) >= 11 is 0. The highest BCUT2D eigenvalue weighted by Gasteiger charge is 2.16. The second kappa shape index (κ2) is 35.9. The first-order valence-electron chi connectivity index (χ1n) is 18.9. The predicted octanol–water partition coefficient (Wildman–Crippen LogP) is 11.5. The third kappa shape index (κ3) is 33.3. The number of allylic oxidation sites excluding steroid dienone is 4. The van der Waals surface area contributed by atoms with Gasteiger partial charge in [0.2, 0.25) is 0 Å². The van der Waals surface area contributed by atoms with E-state index in [-0.39, 0.29) is 25.2 Å². The molecule has 0 radical (unpaired) electrons. The number of ether oxygens (including phenoxy) is 2. The molecule has 44 heavy (non-hydrogen) atoms. The Kier molecular flexibility index (Phi) is 34.5. The Hall–Kier alpha value is -1.62. The second-order valence-corrected chi connectivity index (χ2v) is 12.7. The number of hydrogen-bond donors (Lipinski definition) is 1. The molecule has 5 nitrogen and oxygen atoms in total. The number of hydrogen-bond acceptors (Lipinski definition) is 5. The van der Waals surface area contributed by atoms with Gasteiger partial charge in [-0.25, -0.2) is 0 Å². The van der Waals surface area contributed by atoms with Crippen molar-refractivity contribution < 1.29 is 24.2 Å². The maximum atomic E-state index is 12.1. The van der Waals surface area contributed by atoms with Crippen LogP contribution in [0, 0.1) is 0 Å². The maximum absolute atomic E-state index is 12.1. The molecule has 0 aromatic carbocycles. The number of esters is 2. The van der Waals surface area contributed by atoms with Gasteiger partial charge in [-0.15, -0.1) is 0 Å². The van der Waals surface area contributed by atoms with Crippen LogP contribution in [0.25, 0.3) is 0 Å². The standard InChI is InChI=1S/C39H72O5/c1-3-5-7-9-11-13-15-17-18-19-20-22-23-25-27-29-31-33-38(41)43-36-37(35-40)44-39(42)34-32-30-28-26-24-21-16-14-12-10-8-6-4-2/h8,10,14,16,37,40H,3-7,9,11-13,15,17-36H2,1-2H3/b10-8-,16-14-. The summed E-state index contributed by atoms with van der Waals surface area (Å²) in [5, 5.41) is 9.53. The number of aliphatic hydroxyl groups is 1. The van der Waals surface area contributed by atoms with Gasteiger partial charge in [0.25, 0.3) is 0 Å². The molecule has 5 heteroatoms. The number of carbonyl (C=O) groups excluding carboxylic acids is 2. The van der Waals surface area contributed by atoms with E-state index in [1.54, 1.807) is 0 Å². The van der Waals surface area contributed by atoms with Gasteiger partial charge >= 0.3 is 11.9 Å². The summed E-state index contributed by atoms with van der Waals surface area (Å²) in [5.41, 5.74) is 0. The zero-order chi connectivity index (χ0) is 32.2. The summed E-state index contributed by atoms with van der Waals surface area (Å²) in [4.78, 5) is 24.2. The summed E-state index contributed by atoms with van der Waals surface area (Å²) in [6.45, 7) is 4.07. The van der Waals surface area contributed by atoms with Crippen molar-refractivity contribution in [2.45, 2.75) is 200 Å². The summed E-state index contributed by atoms with van der Waals surface area (Å²) < 4.78 is 10.6. The van der Waals surface area contributed by atoms with Crippen LogP contribution >= 0.6 is 0 Å². The molecule has 0 spiro atoms. The Bertz CT molecular complexity index is 671. The molecule has 0 aliphatic carbocycles. The molecule has 0 aromatic heterocycles. The van der Waals surface area contributed by atoms with E-state index in [1.165, 1.54) is 109 Å². The minimum atomic E-state index is -0.773. The highest BCUT2D eigenvalue weighted by molar-refractivity contribution is 5.70. The van der Waals surface area contributed by atoms with Crippen LogP contribution in [-0.2, 0) is 19.1 Å². The highest BCUT2D eigenvalue weighted by atomic mass is 16.6. The topological polar surface area (TPSA) is 72.8 Å². The molecule has 1 unspecified atom stereocenters. The minimum Gasteiger partial charge on any atom is -0.462 e. The van der Waals surface area contributed by atoms with Crippen molar-refractivity contribution in [3.05, 3.63) is 24.3 Å². The van der Waals surface area contributed by atoms with Crippen molar-refractivity contribution in [1.29, 1.82) is 0 Å². The van der Waals surface area contributed by atoms with Gasteiger partial charge in [0.15, 0.2) is 6.10 Å². The van der Waals surface area contributed by atoms with Gasteiger partial charge in [0.1, 0.15) is 6.61 Å². The molecule has 0 aromatic rings. The van der Waals surface area contributed by atoms with Crippen LogP contribution in [0.4, 0.5) is 0 Å². The fourth-order valence-corrected chi connectivity index (χ4v) is 5.36. The zero-order valence-corrected chi connectivity index (χ0v) is 29.2. The second-order valence-electron chi connectivity index (χ2n) is 12.7. The van der Waals surface area contributed by atoms with Crippen LogP contribution in [0.5, 0.6) is 0 Å². The van der Waals surface area contributed by atoms with Crippen molar-refractivity contribution in [2.75, 3.05) is 13.2 Å². The molecule has 0 bridgehead atoms. The normalized spacial score (nSPS) is 12.3. The number of unbranched alkanes of at least 4 members (excludes halogenated alkanes) is 22. The average molecular weight is 621 g/mol. The number of aliphatic hydroxyl groups excluding tert-OH is 1. The Morgan fingerprint density at radius 3 is 1.43 bits per heavy atom. The van der Waals surface area contributed by atoms with Crippen molar-refractivity contribution in [3.8, 4) is 0 Å². The first kappa shape index (κ1) is 42.4. The first-order valence-corrected chi connectivity index (χ1v) is 18.9. The Morgan fingerprint density at radius 1 is 0.523 bits per heavy atom. The van der Waals surface area contributed by atoms with E-state index < -0.39 is 6.10 Å². The molecule has 258 valence electrons. The summed E-state index contributed by atoms with van der Waals surface area (Å²) in [6.07, 6.45) is 40.9. The largest absolute Gasteiger partial charge is 0.462 e. The van der Waals surface area contributed by atoms with E-state index in [4.69, 9.17) is 9.47 Å². The third-order valence-corrected chi connectivity index (χ3v) is 8.23. The van der Waals surface area contributed by atoms with E-state index >= 15 is 0 Å². The molecule has 0 aliphatic rings. The quantitative estimate of drug-likeness (QED) is 0.0440. The van der Waals surface area contributed by atoms with Crippen molar-refractivity contribution in [3.63, 3.8) is 0 Å². The lowest BCUT2D eigenvalue weighted by atomic mass is 10.0. The van der Waals surface area contributed by atoms with E-state index in [2.05, 4.69) is 38.2 Å². The first-order chi connectivity index (χ1) is 21.6. The molecular weight excluding hydrogens is 548 g/mol. The van der Waals surface area contributed by atoms with Crippen LogP contribution in [0.2, 0.25) is 0 Å². The van der Waals surface area contributed by atoms with Crippen LogP contribution < -0.4 is 0 Å². The number of rotatable bonds is 34. The van der Waals surface area contributed by atoms with Gasteiger partial charge in [-0.2, -0.15) is 0 Å². The van der Waals surface area contributed by atoms with Crippen LogP contribution in [0.3, 0.4) is 0 Å². The molecule has 0 fully saturated rings. The molecule has 1 atom stereocenters. The van der Waals surface area contributed by atoms with E-state index in [1.807, 2.05) is 0 Å². The van der Waals surface area contributed by atoms with Crippen molar-refractivity contribution in [2.24, 2.45) is 0 Å². The fourth-order valence-electron chi connectivity index (χ4n) is 5.36. The average Bonchev–Trinajstić information content (AvgIpc) is 3.02.